The molecule has 0 bridgehead atoms. The minimum atomic E-state index is -0.417. The molecule has 5 nitrogen and oxygen atoms in total. The zero-order valence-corrected chi connectivity index (χ0v) is 18.5. The average Bonchev–Trinajstić information content (AvgIpc) is 3.24. The van der Waals surface area contributed by atoms with Gasteiger partial charge in [-0.3, -0.25) is 4.57 Å². The number of fused-ring (bicyclic) bond motifs is 1. The number of carbonyl (C=O) groups excluding carboxylic acids is 1. The molecule has 0 fully saturated rings. The van der Waals surface area contributed by atoms with Crippen molar-refractivity contribution in [1.29, 1.82) is 0 Å². The molecular formula is C28H23N3O2. The Morgan fingerprint density at radius 1 is 0.758 bits per heavy atom. The van der Waals surface area contributed by atoms with E-state index in [0.29, 0.717) is 5.69 Å². The minimum absolute atomic E-state index is 0.189. The van der Waals surface area contributed by atoms with Crippen LogP contribution >= 0.6 is 0 Å². The molecule has 0 aliphatic carbocycles. The summed E-state index contributed by atoms with van der Waals surface area (Å²) in [5, 5.41) is 0. The summed E-state index contributed by atoms with van der Waals surface area (Å²) in [7, 11) is 0. The van der Waals surface area contributed by atoms with Crippen LogP contribution in [0.25, 0.3) is 39.4 Å². The number of hydrogen-bond acceptors (Lipinski definition) is 4. The van der Waals surface area contributed by atoms with Gasteiger partial charge in [0.1, 0.15) is 11.5 Å². The van der Waals surface area contributed by atoms with Gasteiger partial charge in [-0.15, -0.1) is 0 Å². The molecule has 5 heteroatoms. The van der Waals surface area contributed by atoms with Gasteiger partial charge in [-0.25, -0.2) is 14.8 Å². The molecule has 5 rings (SSSR count). The first-order chi connectivity index (χ1) is 16.1. The predicted octanol–water partition coefficient (Wildman–Crippen LogP) is 6.32. The number of pyridine rings is 1. The van der Waals surface area contributed by atoms with E-state index in [-0.39, 0.29) is 6.10 Å². The van der Waals surface area contributed by atoms with E-state index < -0.39 is 5.97 Å². The lowest BCUT2D eigenvalue weighted by Gasteiger charge is -2.10. The number of aromatic nitrogens is 3. The minimum Gasteiger partial charge on any atom is -0.458 e. The fourth-order valence-corrected chi connectivity index (χ4v) is 3.83. The Kier molecular flexibility index (Phi) is 5.45. The topological polar surface area (TPSA) is 57.0 Å². The lowest BCUT2D eigenvalue weighted by molar-refractivity contribution is 0.0371. The van der Waals surface area contributed by atoms with Gasteiger partial charge in [0.25, 0.3) is 0 Å². The Morgan fingerprint density at radius 2 is 1.45 bits per heavy atom. The second-order valence-corrected chi connectivity index (χ2v) is 8.03. The smallest absolute Gasteiger partial charge is 0.357 e. The van der Waals surface area contributed by atoms with E-state index in [9.17, 15) is 4.79 Å². The molecule has 2 heterocycles. The normalized spacial score (nSPS) is 11.1. The van der Waals surface area contributed by atoms with Crippen LogP contribution in [0.5, 0.6) is 0 Å². The molecule has 162 valence electrons. The Bertz CT molecular complexity index is 1420. The molecule has 0 amide bonds. The number of hydrogen-bond donors (Lipinski definition) is 0. The molecule has 0 saturated heterocycles. The van der Waals surface area contributed by atoms with Crippen LogP contribution < -0.4 is 0 Å². The van der Waals surface area contributed by atoms with Crippen LogP contribution in [0.4, 0.5) is 0 Å². The summed E-state index contributed by atoms with van der Waals surface area (Å²) < 4.78 is 7.45. The number of ether oxygens (including phenoxy) is 1. The fourth-order valence-electron chi connectivity index (χ4n) is 3.83. The molecule has 0 spiro atoms. The Labute approximate surface area is 192 Å². The van der Waals surface area contributed by atoms with Gasteiger partial charge in [0, 0.05) is 16.8 Å². The van der Waals surface area contributed by atoms with E-state index in [4.69, 9.17) is 9.72 Å². The molecule has 3 aromatic carbocycles. The molecule has 0 unspecified atom stereocenters. The van der Waals surface area contributed by atoms with Gasteiger partial charge in [-0.05, 0) is 50.2 Å². The number of imidazole rings is 1. The molecule has 0 saturated carbocycles. The Balaban J connectivity index is 1.53. The van der Waals surface area contributed by atoms with Crippen LogP contribution in [-0.4, -0.2) is 26.6 Å². The molecule has 0 N–H and O–H groups in total. The van der Waals surface area contributed by atoms with Crippen molar-refractivity contribution in [3.63, 3.8) is 0 Å². The number of benzene rings is 3. The van der Waals surface area contributed by atoms with Crippen LogP contribution in [0.2, 0.25) is 0 Å². The van der Waals surface area contributed by atoms with E-state index in [1.54, 1.807) is 6.07 Å². The largest absolute Gasteiger partial charge is 0.458 e. The highest BCUT2D eigenvalue weighted by atomic mass is 16.5. The standard InChI is InChI=1S/C28H23N3O2/c1-19(2)33-28(32)25-13-8-12-23(29-25)20-15-17-21(18-16-20)27-30-24-11-6-7-14-26(24)31(27)22-9-4-3-5-10-22/h3-19H,1-2H3. The summed E-state index contributed by atoms with van der Waals surface area (Å²) in [4.78, 5) is 21.7. The quantitative estimate of drug-likeness (QED) is 0.304. The van der Waals surface area contributed by atoms with Crippen molar-refractivity contribution in [2.24, 2.45) is 0 Å². The first kappa shape index (κ1) is 20.6. The van der Waals surface area contributed by atoms with E-state index >= 15 is 0 Å². The van der Waals surface area contributed by atoms with Crippen molar-refractivity contribution < 1.29 is 9.53 Å². The van der Waals surface area contributed by atoms with Crippen molar-refractivity contribution in [2.75, 3.05) is 0 Å². The summed E-state index contributed by atoms with van der Waals surface area (Å²) in [5.41, 5.74) is 5.99. The number of carbonyl (C=O) groups is 1. The van der Waals surface area contributed by atoms with Crippen LogP contribution in [0, 0.1) is 0 Å². The summed E-state index contributed by atoms with van der Waals surface area (Å²) in [6.07, 6.45) is -0.189. The van der Waals surface area contributed by atoms with Crippen molar-refractivity contribution in [1.82, 2.24) is 14.5 Å². The van der Waals surface area contributed by atoms with Gasteiger partial charge in [-0.2, -0.15) is 0 Å². The average molecular weight is 434 g/mol. The number of rotatable bonds is 5. The van der Waals surface area contributed by atoms with Crippen molar-refractivity contribution in [3.05, 3.63) is 103 Å². The molecule has 0 radical (unpaired) electrons. The van der Waals surface area contributed by atoms with E-state index in [1.807, 2.05) is 86.6 Å². The fraction of sp³-hybridized carbons (Fsp3) is 0.107. The third-order valence-corrected chi connectivity index (χ3v) is 5.32. The second kappa shape index (κ2) is 8.71. The highest BCUT2D eigenvalue weighted by Gasteiger charge is 2.15. The van der Waals surface area contributed by atoms with E-state index in [1.165, 1.54) is 0 Å². The van der Waals surface area contributed by atoms with Crippen LogP contribution in [-0.2, 0) is 4.74 Å². The van der Waals surface area contributed by atoms with Gasteiger partial charge in [0.15, 0.2) is 0 Å². The molecule has 2 aromatic heterocycles. The van der Waals surface area contributed by atoms with Crippen molar-refractivity contribution >= 4 is 17.0 Å². The number of nitrogens with zero attached hydrogens (tertiary/aromatic N) is 3. The maximum atomic E-state index is 12.2. The van der Waals surface area contributed by atoms with Crippen LogP contribution in [0.1, 0.15) is 24.3 Å². The lowest BCUT2D eigenvalue weighted by Crippen LogP contribution is -2.13. The highest BCUT2D eigenvalue weighted by molar-refractivity contribution is 5.88. The summed E-state index contributed by atoms with van der Waals surface area (Å²) in [6.45, 7) is 3.65. The summed E-state index contributed by atoms with van der Waals surface area (Å²) >= 11 is 0. The second-order valence-electron chi connectivity index (χ2n) is 8.03. The first-order valence-corrected chi connectivity index (χ1v) is 10.9. The van der Waals surface area contributed by atoms with E-state index in [2.05, 4.69) is 27.8 Å². The van der Waals surface area contributed by atoms with Crippen LogP contribution in [0.3, 0.4) is 0 Å². The summed E-state index contributed by atoms with van der Waals surface area (Å²) in [5.74, 6) is 0.455. The maximum absolute atomic E-state index is 12.2. The zero-order valence-electron chi connectivity index (χ0n) is 18.5. The van der Waals surface area contributed by atoms with Gasteiger partial charge in [0.2, 0.25) is 0 Å². The number of esters is 1. The highest BCUT2D eigenvalue weighted by Crippen LogP contribution is 2.30. The molecule has 0 aliphatic heterocycles. The monoisotopic (exact) mass is 433 g/mol. The third kappa shape index (κ3) is 4.13. The summed E-state index contributed by atoms with van der Waals surface area (Å²) in [6, 6.07) is 31.8. The molecule has 33 heavy (non-hydrogen) atoms. The van der Waals surface area contributed by atoms with Gasteiger partial charge >= 0.3 is 5.97 Å². The first-order valence-electron chi connectivity index (χ1n) is 10.9. The van der Waals surface area contributed by atoms with E-state index in [0.717, 1.165) is 39.4 Å². The van der Waals surface area contributed by atoms with Crippen LogP contribution in [0.15, 0.2) is 97.1 Å². The molecule has 5 aromatic rings. The maximum Gasteiger partial charge on any atom is 0.357 e. The molecular weight excluding hydrogens is 410 g/mol. The third-order valence-electron chi connectivity index (χ3n) is 5.32. The lowest BCUT2D eigenvalue weighted by atomic mass is 10.1. The predicted molar refractivity (Wildman–Crippen MR) is 130 cm³/mol. The zero-order chi connectivity index (χ0) is 22.8. The number of para-hydroxylation sites is 3. The molecule has 0 atom stereocenters. The van der Waals surface area contributed by atoms with Gasteiger partial charge < -0.3 is 4.74 Å². The Morgan fingerprint density at radius 3 is 2.21 bits per heavy atom. The molecule has 0 aliphatic rings. The van der Waals surface area contributed by atoms with Gasteiger partial charge in [0.05, 0.1) is 22.8 Å². The van der Waals surface area contributed by atoms with Crippen molar-refractivity contribution in [3.8, 4) is 28.3 Å². The Hall–Kier alpha value is -4.25. The van der Waals surface area contributed by atoms with Gasteiger partial charge in [-0.1, -0.05) is 60.7 Å². The van der Waals surface area contributed by atoms with Crippen molar-refractivity contribution in [2.45, 2.75) is 20.0 Å². The SMILES string of the molecule is CC(C)OC(=O)c1cccc(-c2ccc(-c3nc4ccccc4n3-c3ccccc3)cc2)n1.